The summed E-state index contributed by atoms with van der Waals surface area (Å²) in [6, 6.07) is 6.69. The Morgan fingerprint density at radius 1 is 1.09 bits per heavy atom. The maximum atomic E-state index is 14.4. The fourth-order valence-electron chi connectivity index (χ4n) is 6.66. The fourth-order valence-corrected chi connectivity index (χ4v) is 8.00. The summed E-state index contributed by atoms with van der Waals surface area (Å²) in [4.78, 5) is 18.5. The Hall–Kier alpha value is -4.17. The van der Waals surface area contributed by atoms with Gasteiger partial charge in [-0.15, -0.1) is 0 Å². The number of pyridine rings is 1. The molecule has 0 bridgehead atoms. The Balaban J connectivity index is 1.27. The molecular weight excluding hydrogens is 624 g/mol. The van der Waals surface area contributed by atoms with Crippen LogP contribution in [0.1, 0.15) is 59.4 Å². The summed E-state index contributed by atoms with van der Waals surface area (Å²) in [5, 5.41) is 8.72. The van der Waals surface area contributed by atoms with Crippen LogP contribution in [-0.2, 0) is 29.2 Å². The molecule has 1 aromatic carbocycles. The van der Waals surface area contributed by atoms with Crippen LogP contribution < -0.4 is 0 Å². The average Bonchev–Trinajstić information content (AvgIpc) is 3.56. The number of carbonyl (C=O) groups is 1. The zero-order valence-electron chi connectivity index (χ0n) is 24.8. The van der Waals surface area contributed by atoms with Crippen molar-refractivity contribution in [2.45, 2.75) is 62.2 Å². The molecule has 4 aromatic rings. The Labute approximate surface area is 262 Å². The second-order valence-corrected chi connectivity index (χ2v) is 14.4. The predicted octanol–water partition coefficient (Wildman–Crippen LogP) is 5.71. The zero-order valence-corrected chi connectivity index (χ0v) is 25.6. The van der Waals surface area contributed by atoms with Gasteiger partial charge < -0.3 is 0 Å². The van der Waals surface area contributed by atoms with Gasteiger partial charge in [-0.05, 0) is 92.5 Å². The van der Waals surface area contributed by atoms with Gasteiger partial charge in [-0.3, -0.25) is 14.5 Å². The molecular formula is C32H30F4N6O3S. The molecule has 0 unspecified atom stereocenters. The largest absolute Gasteiger partial charge is 0.416 e. The third kappa shape index (κ3) is 5.36. The van der Waals surface area contributed by atoms with E-state index in [4.69, 9.17) is 0 Å². The van der Waals surface area contributed by atoms with Crippen molar-refractivity contribution in [1.29, 1.82) is 0 Å². The lowest BCUT2D eigenvalue weighted by Gasteiger charge is -2.45. The number of hydrogen-bond acceptors (Lipinski definition) is 6. The van der Waals surface area contributed by atoms with E-state index in [1.807, 2.05) is 6.08 Å². The Morgan fingerprint density at radius 3 is 2.57 bits per heavy atom. The molecule has 3 aliphatic carbocycles. The molecule has 0 N–H and O–H groups in total. The van der Waals surface area contributed by atoms with E-state index in [-0.39, 0.29) is 23.4 Å². The summed E-state index contributed by atoms with van der Waals surface area (Å²) in [6.45, 7) is 0.645. The van der Waals surface area contributed by atoms with Crippen LogP contribution in [0.25, 0.3) is 11.8 Å². The van der Waals surface area contributed by atoms with E-state index in [2.05, 4.69) is 15.2 Å². The summed E-state index contributed by atoms with van der Waals surface area (Å²) in [5.41, 5.74) is -0.132. The molecule has 9 nitrogen and oxygen atoms in total. The van der Waals surface area contributed by atoms with Crippen molar-refractivity contribution in [3.63, 3.8) is 0 Å². The molecule has 2 atom stereocenters. The number of alkyl halides is 3. The van der Waals surface area contributed by atoms with E-state index in [1.165, 1.54) is 35.9 Å². The second-order valence-electron chi connectivity index (χ2n) is 12.4. The highest BCUT2D eigenvalue weighted by Crippen LogP contribution is 2.51. The molecule has 3 heterocycles. The van der Waals surface area contributed by atoms with E-state index in [0.717, 1.165) is 31.2 Å². The van der Waals surface area contributed by atoms with Crippen LogP contribution in [0.4, 0.5) is 17.6 Å². The smallest absolute Gasteiger partial charge is 0.291 e. The minimum atomic E-state index is -4.68. The van der Waals surface area contributed by atoms with Crippen molar-refractivity contribution >= 4 is 21.9 Å². The molecule has 0 radical (unpaired) electrons. The standard InChI is InChI=1S/C32H30F4N6O3S/c1-40(46(44,45)27-17-38-41(19-27)18-20-2-3-20)26-7-4-22-13-29-21(16-39-42(29)25-8-5-24(33)6-9-25)14-31(22,15-26)30(43)28-12-23(10-11-37-28)32(34,35)36/h5-6,8-13,16-17,19-20,26H,2-4,7,14-15,18H2,1H3/t26-,31-/m0/s1. The molecule has 7 rings (SSSR count). The number of nitrogens with zero attached hydrogens (tertiary/aromatic N) is 6. The minimum absolute atomic E-state index is 0.0305. The first-order valence-electron chi connectivity index (χ1n) is 15.0. The van der Waals surface area contributed by atoms with Crippen molar-refractivity contribution in [3.05, 3.63) is 95.1 Å². The van der Waals surface area contributed by atoms with Gasteiger partial charge in [-0.2, -0.15) is 27.7 Å². The summed E-state index contributed by atoms with van der Waals surface area (Å²) in [5.74, 6) is -0.526. The molecule has 2 fully saturated rings. The Morgan fingerprint density at radius 2 is 1.85 bits per heavy atom. The molecule has 0 saturated heterocycles. The van der Waals surface area contributed by atoms with Gasteiger partial charge >= 0.3 is 6.18 Å². The number of rotatable bonds is 8. The Kier molecular flexibility index (Phi) is 7.27. The zero-order chi connectivity index (χ0) is 32.4. The molecule has 2 saturated carbocycles. The van der Waals surface area contributed by atoms with Gasteiger partial charge in [0.25, 0.3) is 0 Å². The van der Waals surface area contributed by atoms with Gasteiger partial charge in [-0.25, -0.2) is 17.5 Å². The third-order valence-electron chi connectivity index (χ3n) is 9.40. The van der Waals surface area contributed by atoms with Crippen LogP contribution in [0.2, 0.25) is 0 Å². The fraction of sp³-hybridized carbons (Fsp3) is 0.375. The number of aromatic nitrogens is 5. The van der Waals surface area contributed by atoms with E-state index < -0.39 is 44.8 Å². The van der Waals surface area contributed by atoms with Gasteiger partial charge in [0.2, 0.25) is 10.0 Å². The topological polar surface area (TPSA) is 103 Å². The highest BCUT2D eigenvalue weighted by atomic mass is 32.2. The SMILES string of the molecule is CN([C@H]1CCC2=Cc3c(cnn3-c3ccc(F)cc3)C[C@]2(C(=O)c2cc(C(F)(F)F)ccn2)C1)S(=O)(=O)c1cnn(CC2CC2)c1. The van der Waals surface area contributed by atoms with E-state index in [9.17, 15) is 30.8 Å². The van der Waals surface area contributed by atoms with Crippen LogP contribution in [-0.4, -0.2) is 56.1 Å². The van der Waals surface area contributed by atoms with Gasteiger partial charge in [-0.1, -0.05) is 5.57 Å². The molecule has 46 heavy (non-hydrogen) atoms. The molecule has 0 spiro atoms. The normalized spacial score (nSPS) is 21.5. The van der Waals surface area contributed by atoms with E-state index in [0.29, 0.717) is 47.8 Å². The molecule has 240 valence electrons. The number of allylic oxidation sites excluding steroid dienone is 1. The number of halogens is 4. The first kappa shape index (κ1) is 30.5. The highest BCUT2D eigenvalue weighted by molar-refractivity contribution is 7.89. The number of hydrogen-bond donors (Lipinski definition) is 0. The number of ketones is 1. The van der Waals surface area contributed by atoms with Crippen molar-refractivity contribution < 1.29 is 30.8 Å². The second kappa shape index (κ2) is 11.0. The molecule has 0 amide bonds. The number of carbonyl (C=O) groups excluding carboxylic acids is 1. The van der Waals surface area contributed by atoms with Gasteiger partial charge in [0.05, 0.1) is 34.8 Å². The summed E-state index contributed by atoms with van der Waals surface area (Å²) >= 11 is 0. The summed E-state index contributed by atoms with van der Waals surface area (Å²) in [7, 11) is -2.54. The molecule has 3 aliphatic rings. The Bertz CT molecular complexity index is 1960. The predicted molar refractivity (Wildman–Crippen MR) is 159 cm³/mol. The lowest BCUT2D eigenvalue weighted by molar-refractivity contribution is -0.137. The van der Waals surface area contributed by atoms with Crippen molar-refractivity contribution in [2.24, 2.45) is 11.3 Å². The first-order chi connectivity index (χ1) is 21.8. The summed E-state index contributed by atoms with van der Waals surface area (Å²) < 4.78 is 86.7. The van der Waals surface area contributed by atoms with Crippen molar-refractivity contribution in [2.75, 3.05) is 7.05 Å². The third-order valence-corrected chi connectivity index (χ3v) is 11.3. The van der Waals surface area contributed by atoms with Crippen molar-refractivity contribution in [1.82, 2.24) is 28.9 Å². The average molecular weight is 655 g/mol. The van der Waals surface area contributed by atoms with Crippen LogP contribution in [0.15, 0.2) is 71.7 Å². The van der Waals surface area contributed by atoms with E-state index >= 15 is 0 Å². The summed E-state index contributed by atoms with van der Waals surface area (Å²) in [6.07, 6.45) is 5.49. The molecule has 14 heteroatoms. The van der Waals surface area contributed by atoms with Crippen LogP contribution >= 0.6 is 0 Å². The van der Waals surface area contributed by atoms with Crippen LogP contribution in [0, 0.1) is 17.2 Å². The maximum absolute atomic E-state index is 14.4. The van der Waals surface area contributed by atoms with Crippen LogP contribution in [0.3, 0.4) is 0 Å². The first-order valence-corrected chi connectivity index (χ1v) is 16.4. The number of benzene rings is 1. The maximum Gasteiger partial charge on any atom is 0.416 e. The number of Topliss-reactive ketones (excluding diaryl/α,β-unsaturated/α-hetero) is 1. The monoisotopic (exact) mass is 654 g/mol. The van der Waals surface area contributed by atoms with Crippen LogP contribution in [0.5, 0.6) is 0 Å². The molecule has 3 aromatic heterocycles. The van der Waals surface area contributed by atoms with Gasteiger partial charge in [0.15, 0.2) is 5.78 Å². The highest BCUT2D eigenvalue weighted by Gasteiger charge is 2.51. The molecule has 0 aliphatic heterocycles. The number of fused-ring (bicyclic) bond motifs is 2. The van der Waals surface area contributed by atoms with Gasteiger partial charge in [0.1, 0.15) is 16.4 Å². The lowest BCUT2D eigenvalue weighted by Crippen LogP contribution is -2.49. The number of sulfonamides is 1. The van der Waals surface area contributed by atoms with Crippen molar-refractivity contribution in [3.8, 4) is 5.69 Å². The van der Waals surface area contributed by atoms with Gasteiger partial charge in [0, 0.05) is 32.0 Å². The minimum Gasteiger partial charge on any atom is -0.291 e. The lowest BCUT2D eigenvalue weighted by atomic mass is 9.60. The quantitative estimate of drug-likeness (QED) is 0.178. The van der Waals surface area contributed by atoms with E-state index in [1.54, 1.807) is 27.7 Å².